The number of nitrogens with zero attached hydrogens (tertiary/aromatic N) is 1. The van der Waals surface area contributed by atoms with E-state index in [-0.39, 0.29) is 28.8 Å². The summed E-state index contributed by atoms with van der Waals surface area (Å²) in [7, 11) is 0. The number of halogens is 3. The van der Waals surface area contributed by atoms with Gasteiger partial charge in [0, 0.05) is 23.7 Å². The molecule has 0 bridgehead atoms. The molecule has 0 saturated carbocycles. The summed E-state index contributed by atoms with van der Waals surface area (Å²) in [6.45, 7) is 2.81. The molecular formula is C21H21Cl2FN2O2. The van der Waals surface area contributed by atoms with Crippen LogP contribution >= 0.6 is 23.2 Å². The molecule has 1 fully saturated rings. The van der Waals surface area contributed by atoms with Crippen LogP contribution in [0.25, 0.3) is 0 Å². The zero-order valence-electron chi connectivity index (χ0n) is 15.4. The topological polar surface area (TPSA) is 49.4 Å². The molecule has 1 heterocycles. The molecule has 2 atom stereocenters. The van der Waals surface area contributed by atoms with Crippen LogP contribution in [0.2, 0.25) is 10.0 Å². The largest absolute Gasteiger partial charge is 0.349 e. The Morgan fingerprint density at radius 2 is 1.89 bits per heavy atom. The normalized spacial score (nSPS) is 17.9. The van der Waals surface area contributed by atoms with Crippen LogP contribution in [0, 0.1) is 11.7 Å². The molecular weight excluding hydrogens is 402 g/mol. The Balaban J connectivity index is 1.62. The lowest BCUT2D eigenvalue weighted by molar-refractivity contribution is -0.127. The number of benzene rings is 2. The number of likely N-dealkylation sites (tertiary alicyclic amines) is 1. The minimum absolute atomic E-state index is 0.0241. The first-order valence-electron chi connectivity index (χ1n) is 9.15. The molecule has 1 N–H and O–H groups in total. The summed E-state index contributed by atoms with van der Waals surface area (Å²) in [5.41, 5.74) is 1.28. The van der Waals surface area contributed by atoms with Crippen LogP contribution in [0.15, 0.2) is 42.5 Å². The Hall–Kier alpha value is -2.11. The molecule has 2 aromatic rings. The lowest BCUT2D eigenvalue weighted by Gasteiger charge is -2.32. The number of nitrogens with one attached hydrogen (secondary N) is 1. The zero-order chi connectivity index (χ0) is 20.3. The molecule has 0 radical (unpaired) electrons. The van der Waals surface area contributed by atoms with Gasteiger partial charge >= 0.3 is 0 Å². The SMILES string of the molecule is CC(NC(=O)C1CCCN(C(=O)c2ccc(Cl)cc2)C1)c1ccc(F)c(Cl)c1. The molecule has 7 heteroatoms. The highest BCUT2D eigenvalue weighted by Gasteiger charge is 2.29. The second kappa shape index (κ2) is 8.93. The van der Waals surface area contributed by atoms with Crippen molar-refractivity contribution in [1.29, 1.82) is 0 Å². The predicted octanol–water partition coefficient (Wildman–Crippen LogP) is 4.86. The fraction of sp³-hybridized carbons (Fsp3) is 0.333. The van der Waals surface area contributed by atoms with Gasteiger partial charge in [0.05, 0.1) is 17.0 Å². The zero-order valence-corrected chi connectivity index (χ0v) is 16.9. The van der Waals surface area contributed by atoms with Gasteiger partial charge in [0.25, 0.3) is 5.91 Å². The highest BCUT2D eigenvalue weighted by Crippen LogP contribution is 2.23. The third-order valence-corrected chi connectivity index (χ3v) is 5.51. The fourth-order valence-corrected chi connectivity index (χ4v) is 3.66. The fourth-order valence-electron chi connectivity index (χ4n) is 3.35. The highest BCUT2D eigenvalue weighted by molar-refractivity contribution is 6.31. The minimum atomic E-state index is -0.493. The van der Waals surface area contributed by atoms with Crippen LogP contribution in [-0.4, -0.2) is 29.8 Å². The van der Waals surface area contributed by atoms with E-state index in [2.05, 4.69) is 5.32 Å². The summed E-state index contributed by atoms with van der Waals surface area (Å²) in [6.07, 6.45) is 1.47. The average Bonchev–Trinajstić information content (AvgIpc) is 2.70. The molecule has 2 unspecified atom stereocenters. The number of carbonyl (C=O) groups is 2. The van der Waals surface area contributed by atoms with E-state index >= 15 is 0 Å². The molecule has 0 aliphatic carbocycles. The van der Waals surface area contributed by atoms with Crippen molar-refractivity contribution in [2.24, 2.45) is 5.92 Å². The predicted molar refractivity (Wildman–Crippen MR) is 108 cm³/mol. The molecule has 148 valence electrons. The van der Waals surface area contributed by atoms with E-state index in [4.69, 9.17) is 23.2 Å². The number of hydrogen-bond acceptors (Lipinski definition) is 2. The molecule has 1 aliphatic rings. The van der Waals surface area contributed by atoms with Gasteiger partial charge in [-0.1, -0.05) is 29.3 Å². The molecule has 1 saturated heterocycles. The third-order valence-electron chi connectivity index (χ3n) is 4.97. The first kappa shape index (κ1) is 20.6. The van der Waals surface area contributed by atoms with E-state index in [1.165, 1.54) is 12.1 Å². The molecule has 4 nitrogen and oxygen atoms in total. The quantitative estimate of drug-likeness (QED) is 0.764. The molecule has 2 amide bonds. The lowest BCUT2D eigenvalue weighted by Crippen LogP contribution is -2.45. The van der Waals surface area contributed by atoms with E-state index in [1.54, 1.807) is 35.2 Å². The standard InChI is InChI=1S/C21H21Cl2FN2O2/c1-13(15-6-9-19(24)18(23)11-15)25-20(27)16-3-2-10-26(12-16)21(28)14-4-7-17(22)8-5-14/h4-9,11,13,16H,2-3,10,12H2,1H3,(H,25,27). The van der Waals surface area contributed by atoms with Crippen molar-refractivity contribution in [3.05, 3.63) is 69.5 Å². The van der Waals surface area contributed by atoms with Crippen LogP contribution in [0.1, 0.15) is 41.7 Å². The van der Waals surface area contributed by atoms with E-state index < -0.39 is 5.82 Å². The maximum absolute atomic E-state index is 13.3. The Kier molecular flexibility index (Phi) is 6.57. The van der Waals surface area contributed by atoms with E-state index in [1.807, 2.05) is 6.92 Å². The van der Waals surface area contributed by atoms with Gasteiger partial charge in [-0.3, -0.25) is 9.59 Å². The number of carbonyl (C=O) groups excluding carboxylic acids is 2. The Labute approximate surface area is 173 Å². The van der Waals surface area contributed by atoms with Gasteiger partial charge in [0.2, 0.25) is 5.91 Å². The number of rotatable bonds is 4. The van der Waals surface area contributed by atoms with Gasteiger partial charge in [-0.05, 0) is 61.7 Å². The first-order chi connectivity index (χ1) is 13.3. The Morgan fingerprint density at radius 3 is 2.57 bits per heavy atom. The Bertz CT molecular complexity index is 873. The summed E-state index contributed by atoms with van der Waals surface area (Å²) in [5, 5.41) is 3.54. The Morgan fingerprint density at radius 1 is 1.18 bits per heavy atom. The lowest BCUT2D eigenvalue weighted by atomic mass is 9.95. The number of hydrogen-bond donors (Lipinski definition) is 1. The first-order valence-corrected chi connectivity index (χ1v) is 9.91. The average molecular weight is 423 g/mol. The van der Waals surface area contributed by atoms with Gasteiger partial charge in [-0.2, -0.15) is 0 Å². The third kappa shape index (κ3) is 4.83. The van der Waals surface area contributed by atoms with Gasteiger partial charge in [0.15, 0.2) is 0 Å². The second-order valence-corrected chi connectivity index (χ2v) is 7.84. The molecule has 28 heavy (non-hydrogen) atoms. The van der Waals surface area contributed by atoms with E-state index in [0.717, 1.165) is 12.0 Å². The van der Waals surface area contributed by atoms with Crippen molar-refractivity contribution in [2.75, 3.05) is 13.1 Å². The summed E-state index contributed by atoms with van der Waals surface area (Å²) < 4.78 is 13.3. The van der Waals surface area contributed by atoms with Gasteiger partial charge in [-0.25, -0.2) is 4.39 Å². The summed E-state index contributed by atoms with van der Waals surface area (Å²) >= 11 is 11.7. The summed E-state index contributed by atoms with van der Waals surface area (Å²) in [4.78, 5) is 27.1. The van der Waals surface area contributed by atoms with Crippen LogP contribution in [-0.2, 0) is 4.79 Å². The van der Waals surface area contributed by atoms with E-state index in [9.17, 15) is 14.0 Å². The summed E-state index contributed by atoms with van der Waals surface area (Å²) in [6, 6.07) is 10.8. The van der Waals surface area contributed by atoms with Crippen LogP contribution in [0.4, 0.5) is 4.39 Å². The molecule has 3 rings (SSSR count). The highest BCUT2D eigenvalue weighted by atomic mass is 35.5. The maximum atomic E-state index is 13.3. The van der Waals surface area contributed by atoms with Crippen molar-refractivity contribution in [3.8, 4) is 0 Å². The smallest absolute Gasteiger partial charge is 0.253 e. The van der Waals surface area contributed by atoms with Crippen molar-refractivity contribution in [2.45, 2.75) is 25.8 Å². The van der Waals surface area contributed by atoms with Crippen molar-refractivity contribution in [3.63, 3.8) is 0 Å². The number of piperidine rings is 1. The van der Waals surface area contributed by atoms with E-state index in [0.29, 0.717) is 30.1 Å². The van der Waals surface area contributed by atoms with Crippen molar-refractivity contribution >= 4 is 35.0 Å². The minimum Gasteiger partial charge on any atom is -0.349 e. The molecule has 0 spiro atoms. The van der Waals surface area contributed by atoms with Crippen molar-refractivity contribution in [1.82, 2.24) is 10.2 Å². The van der Waals surface area contributed by atoms with Gasteiger partial charge in [0.1, 0.15) is 5.82 Å². The molecule has 0 aromatic heterocycles. The molecule has 1 aliphatic heterocycles. The van der Waals surface area contributed by atoms with Crippen LogP contribution < -0.4 is 5.32 Å². The van der Waals surface area contributed by atoms with Crippen LogP contribution in [0.3, 0.4) is 0 Å². The van der Waals surface area contributed by atoms with Crippen molar-refractivity contribution < 1.29 is 14.0 Å². The number of amides is 2. The molecule has 2 aromatic carbocycles. The second-order valence-electron chi connectivity index (χ2n) is 7.00. The van der Waals surface area contributed by atoms with Crippen LogP contribution in [0.5, 0.6) is 0 Å². The maximum Gasteiger partial charge on any atom is 0.253 e. The summed E-state index contributed by atoms with van der Waals surface area (Å²) in [5.74, 6) is -1.01. The van der Waals surface area contributed by atoms with Gasteiger partial charge < -0.3 is 10.2 Å². The van der Waals surface area contributed by atoms with Gasteiger partial charge in [-0.15, -0.1) is 0 Å². The monoisotopic (exact) mass is 422 g/mol.